The van der Waals surface area contributed by atoms with Crippen LogP contribution >= 0.6 is 0 Å². The van der Waals surface area contributed by atoms with Crippen LogP contribution in [0, 0.1) is 17.3 Å². The Bertz CT molecular complexity index is 538. The van der Waals surface area contributed by atoms with Crippen molar-refractivity contribution in [3.63, 3.8) is 0 Å². The average molecular weight is 262 g/mol. The number of esters is 1. The van der Waals surface area contributed by atoms with Crippen molar-refractivity contribution >= 4 is 11.8 Å². The van der Waals surface area contributed by atoms with Crippen molar-refractivity contribution in [3.05, 3.63) is 12.2 Å². The highest BCUT2D eigenvalue weighted by Gasteiger charge is 2.85. The number of epoxide rings is 1. The second kappa shape index (κ2) is 2.95. The van der Waals surface area contributed by atoms with E-state index in [1.807, 2.05) is 19.9 Å². The van der Waals surface area contributed by atoms with E-state index in [-0.39, 0.29) is 35.1 Å². The van der Waals surface area contributed by atoms with Crippen LogP contribution in [-0.2, 0) is 19.1 Å². The smallest absolute Gasteiger partial charge is 0.309 e. The van der Waals surface area contributed by atoms with Crippen LogP contribution in [0.15, 0.2) is 12.2 Å². The third-order valence-electron chi connectivity index (χ3n) is 6.00. The van der Waals surface area contributed by atoms with Crippen LogP contribution < -0.4 is 0 Å². The first-order valence-electron chi connectivity index (χ1n) is 7.00. The second-order valence-corrected chi connectivity index (χ2v) is 6.83. The number of hydrogen-bond acceptors (Lipinski definition) is 4. The summed E-state index contributed by atoms with van der Waals surface area (Å²) >= 11 is 0. The molecule has 4 rings (SSSR count). The Labute approximate surface area is 112 Å². The average Bonchev–Trinajstić information content (AvgIpc) is 2.92. The number of fused-ring (bicyclic) bond motifs is 1. The van der Waals surface area contributed by atoms with Gasteiger partial charge in [0.2, 0.25) is 0 Å². The van der Waals surface area contributed by atoms with Crippen molar-refractivity contribution < 1.29 is 19.1 Å². The van der Waals surface area contributed by atoms with Crippen LogP contribution in [-0.4, -0.2) is 29.1 Å². The third-order valence-corrected chi connectivity index (χ3v) is 6.00. The van der Waals surface area contributed by atoms with Gasteiger partial charge >= 0.3 is 5.97 Å². The van der Waals surface area contributed by atoms with Gasteiger partial charge < -0.3 is 9.47 Å². The number of ketones is 1. The van der Waals surface area contributed by atoms with E-state index in [2.05, 4.69) is 6.92 Å². The monoisotopic (exact) mass is 262 g/mol. The van der Waals surface area contributed by atoms with Crippen LogP contribution in [0.3, 0.4) is 0 Å². The fourth-order valence-electron chi connectivity index (χ4n) is 4.67. The van der Waals surface area contributed by atoms with Crippen LogP contribution in [0.4, 0.5) is 0 Å². The fraction of sp³-hybridized carbons (Fsp3) is 0.733. The van der Waals surface area contributed by atoms with Crippen molar-refractivity contribution in [1.82, 2.24) is 0 Å². The maximum absolute atomic E-state index is 12.1. The van der Waals surface area contributed by atoms with Crippen molar-refractivity contribution in [2.75, 3.05) is 0 Å². The third kappa shape index (κ3) is 1.00. The molecule has 0 radical (unpaired) electrons. The number of rotatable bonds is 0. The predicted octanol–water partition coefficient (Wildman–Crippen LogP) is 1.63. The molecule has 0 aromatic heterocycles. The molecular formula is C15H18O4. The Balaban J connectivity index is 1.86. The molecule has 0 bridgehead atoms. The van der Waals surface area contributed by atoms with E-state index in [9.17, 15) is 9.59 Å². The lowest BCUT2D eigenvalue weighted by Crippen LogP contribution is -2.58. The first-order chi connectivity index (χ1) is 8.86. The molecule has 0 aromatic rings. The van der Waals surface area contributed by atoms with Gasteiger partial charge in [-0.2, -0.15) is 0 Å². The molecule has 1 spiro atoms. The van der Waals surface area contributed by atoms with Crippen LogP contribution in [0.1, 0.15) is 33.6 Å². The molecule has 0 aromatic carbocycles. The molecule has 102 valence electrons. The number of ether oxygens (including phenoxy) is 2. The molecule has 4 heteroatoms. The summed E-state index contributed by atoms with van der Waals surface area (Å²) in [5, 5.41) is 0. The highest BCUT2D eigenvalue weighted by atomic mass is 16.7. The SMILES string of the molecule is C[C@@H]1C(=O)O[C@@H]2[C@@H]1CC[C@]1(C)C=CC(=O)[C@@]3(C)O[C@@]213. The Hall–Kier alpha value is -1.16. The summed E-state index contributed by atoms with van der Waals surface area (Å²) in [6.07, 6.45) is 5.23. The summed E-state index contributed by atoms with van der Waals surface area (Å²) < 4.78 is 11.6. The van der Waals surface area contributed by atoms with Crippen molar-refractivity contribution in [2.45, 2.75) is 50.9 Å². The largest absolute Gasteiger partial charge is 0.459 e. The van der Waals surface area contributed by atoms with Gasteiger partial charge in [0, 0.05) is 11.3 Å². The van der Waals surface area contributed by atoms with E-state index >= 15 is 0 Å². The van der Waals surface area contributed by atoms with Gasteiger partial charge in [-0.05, 0) is 25.8 Å². The molecule has 4 nitrogen and oxygen atoms in total. The van der Waals surface area contributed by atoms with Crippen LogP contribution in [0.2, 0.25) is 0 Å². The molecule has 19 heavy (non-hydrogen) atoms. The minimum absolute atomic E-state index is 0.00114. The van der Waals surface area contributed by atoms with E-state index in [1.165, 1.54) is 0 Å². The molecule has 0 amide bonds. The summed E-state index contributed by atoms with van der Waals surface area (Å²) in [6, 6.07) is 0. The fourth-order valence-corrected chi connectivity index (χ4v) is 4.67. The van der Waals surface area contributed by atoms with Gasteiger partial charge in [-0.25, -0.2) is 0 Å². The summed E-state index contributed by atoms with van der Waals surface area (Å²) in [7, 11) is 0. The van der Waals surface area contributed by atoms with Gasteiger partial charge in [0.1, 0.15) is 6.10 Å². The maximum Gasteiger partial charge on any atom is 0.309 e. The van der Waals surface area contributed by atoms with Crippen molar-refractivity contribution in [2.24, 2.45) is 17.3 Å². The first kappa shape index (κ1) is 11.6. The minimum atomic E-state index is -0.801. The maximum atomic E-state index is 12.1. The molecule has 2 aliphatic heterocycles. The highest BCUT2D eigenvalue weighted by Crippen LogP contribution is 2.70. The van der Waals surface area contributed by atoms with E-state index < -0.39 is 11.2 Å². The Morgan fingerprint density at radius 1 is 1.32 bits per heavy atom. The summed E-state index contributed by atoms with van der Waals surface area (Å²) in [6.45, 7) is 5.89. The molecule has 2 aliphatic carbocycles. The normalized spacial score (nSPS) is 58.2. The molecule has 2 heterocycles. The number of carbonyl (C=O) groups excluding carboxylic acids is 2. The molecule has 0 unspecified atom stereocenters. The lowest BCUT2D eigenvalue weighted by atomic mass is 9.55. The Kier molecular flexibility index (Phi) is 1.81. The molecule has 3 fully saturated rings. The quantitative estimate of drug-likeness (QED) is 0.492. The van der Waals surface area contributed by atoms with E-state index in [4.69, 9.17) is 9.47 Å². The van der Waals surface area contributed by atoms with Gasteiger partial charge in [0.15, 0.2) is 17.0 Å². The molecule has 2 saturated heterocycles. The Morgan fingerprint density at radius 3 is 2.79 bits per heavy atom. The van der Waals surface area contributed by atoms with Crippen LogP contribution in [0.5, 0.6) is 0 Å². The summed E-state index contributed by atoms with van der Waals surface area (Å²) in [5.74, 6) is -0.0465. The highest BCUT2D eigenvalue weighted by molar-refractivity contribution is 6.02. The number of carbonyl (C=O) groups is 2. The molecular weight excluding hydrogens is 244 g/mol. The van der Waals surface area contributed by atoms with Gasteiger partial charge in [0.05, 0.1) is 5.92 Å². The summed E-state index contributed by atoms with van der Waals surface area (Å²) in [4.78, 5) is 24.0. The van der Waals surface area contributed by atoms with Crippen molar-refractivity contribution in [3.8, 4) is 0 Å². The molecule has 6 atom stereocenters. The van der Waals surface area contributed by atoms with E-state index in [0.29, 0.717) is 0 Å². The first-order valence-corrected chi connectivity index (χ1v) is 7.00. The second-order valence-electron chi connectivity index (χ2n) is 6.83. The standard InChI is InChI=1S/C15H18O4/c1-8-9-4-6-13(2)7-5-10(16)14(3)15(13,19-14)11(9)18-12(8)17/h5,7-9,11H,4,6H2,1-3H3/t8-,9+,11+,13+,14+,15-/m0/s1. The number of hydrogen-bond donors (Lipinski definition) is 0. The van der Waals surface area contributed by atoms with Gasteiger partial charge in [-0.15, -0.1) is 0 Å². The zero-order chi connectivity index (χ0) is 13.6. The van der Waals surface area contributed by atoms with Gasteiger partial charge in [0.25, 0.3) is 0 Å². The topological polar surface area (TPSA) is 55.9 Å². The molecule has 4 aliphatic rings. The Morgan fingerprint density at radius 2 is 2.05 bits per heavy atom. The minimum Gasteiger partial charge on any atom is -0.459 e. The predicted molar refractivity (Wildman–Crippen MR) is 66.2 cm³/mol. The summed E-state index contributed by atoms with van der Waals surface area (Å²) in [5.41, 5.74) is -1.64. The van der Waals surface area contributed by atoms with E-state index in [1.54, 1.807) is 6.08 Å². The zero-order valence-corrected chi connectivity index (χ0v) is 11.4. The van der Waals surface area contributed by atoms with Crippen LogP contribution in [0.25, 0.3) is 0 Å². The lowest BCUT2D eigenvalue weighted by molar-refractivity contribution is -0.149. The van der Waals surface area contributed by atoms with Crippen molar-refractivity contribution in [1.29, 1.82) is 0 Å². The zero-order valence-electron chi connectivity index (χ0n) is 11.4. The van der Waals surface area contributed by atoms with E-state index in [0.717, 1.165) is 12.8 Å². The molecule has 1 saturated carbocycles. The molecule has 0 N–H and O–H groups in total. The van der Waals surface area contributed by atoms with Gasteiger partial charge in [-0.3, -0.25) is 9.59 Å². The lowest BCUT2D eigenvalue weighted by Gasteiger charge is -2.46. The van der Waals surface area contributed by atoms with Gasteiger partial charge in [-0.1, -0.05) is 19.9 Å².